The van der Waals surface area contributed by atoms with Gasteiger partial charge in [0.05, 0.1) is 0 Å². The van der Waals surface area contributed by atoms with Crippen molar-refractivity contribution in [3.8, 4) is 6.57 Å². The Kier molecular flexibility index (Phi) is 2.54. The van der Waals surface area contributed by atoms with Crippen LogP contribution in [0.25, 0.3) is 4.85 Å². The van der Waals surface area contributed by atoms with E-state index in [0.29, 0.717) is 5.69 Å². The van der Waals surface area contributed by atoms with Crippen LogP contribution in [-0.4, -0.2) is 6.21 Å². The second-order valence-electron chi connectivity index (χ2n) is 2.12. The van der Waals surface area contributed by atoms with Crippen LogP contribution < -0.4 is 0 Å². The summed E-state index contributed by atoms with van der Waals surface area (Å²) >= 11 is 0. The lowest BCUT2D eigenvalue weighted by molar-refractivity contribution is 0.631. The first-order valence-electron chi connectivity index (χ1n) is 3.47. The molecule has 0 radical (unpaired) electrons. The molecule has 0 unspecified atom stereocenters. The van der Waals surface area contributed by atoms with Crippen molar-refractivity contribution in [3.05, 3.63) is 28.9 Å². The van der Waals surface area contributed by atoms with Gasteiger partial charge in [-0.15, -0.1) is 0 Å². The summed E-state index contributed by atoms with van der Waals surface area (Å²) in [6, 6.07) is 4.46. The summed E-state index contributed by atoms with van der Waals surface area (Å²) in [6.07, 6.45) is 1.49. The zero-order valence-corrected chi connectivity index (χ0v) is 6.66. The molecule has 0 heterocycles. The number of rotatable bonds is 1. The van der Waals surface area contributed by atoms with Crippen molar-refractivity contribution in [3.63, 3.8) is 0 Å². The average molecular weight is 163 g/mol. The van der Waals surface area contributed by atoms with Gasteiger partial charge >= 0.3 is 5.69 Å². The Morgan fingerprint density at radius 2 is 2.33 bits per heavy atom. The molecule has 3 heteroatoms. The maximum Gasteiger partial charge on any atom is 0.368 e. The van der Waals surface area contributed by atoms with Gasteiger partial charge in [-0.25, -0.2) is 4.39 Å². The van der Waals surface area contributed by atoms with Gasteiger partial charge in [-0.05, 0) is 17.8 Å². The van der Waals surface area contributed by atoms with Crippen LogP contribution >= 0.6 is 0 Å². The Morgan fingerprint density at radius 1 is 1.58 bits per heavy atom. The lowest BCUT2D eigenvalue weighted by Gasteiger charge is -1.90. The molecule has 0 aliphatic heterocycles. The van der Waals surface area contributed by atoms with Crippen molar-refractivity contribution < 1.29 is 4.39 Å². The Hall–Kier alpha value is -1.69. The van der Waals surface area contributed by atoms with Gasteiger partial charge in [0.25, 0.3) is 6.57 Å². The first kappa shape index (κ1) is 8.41. The van der Waals surface area contributed by atoms with E-state index in [1.165, 1.54) is 18.3 Å². The molecule has 0 aliphatic rings. The maximum atomic E-state index is 13.0. The smallest absolute Gasteiger partial charge is 0.251 e. The van der Waals surface area contributed by atoms with Crippen LogP contribution in [0.2, 0.25) is 0 Å². The van der Waals surface area contributed by atoms with Crippen LogP contribution in [0, 0.1) is 12.4 Å². The summed E-state index contributed by atoms with van der Waals surface area (Å²) in [5, 5.41) is 0. The van der Waals surface area contributed by atoms with E-state index < -0.39 is 5.82 Å². The Balaban J connectivity index is 3.32. The number of halogens is 1. The van der Waals surface area contributed by atoms with Gasteiger partial charge < -0.3 is 0 Å². The third kappa shape index (κ3) is 1.48. The highest BCUT2D eigenvalue weighted by molar-refractivity contribution is 5.72. The standard InChI is InChI=1S/C9H8FN2/c1-3-12-9-7(10)5-4-6-8(9)11-2/h2-6H,1H3/q+1/b12-3-. The van der Waals surface area contributed by atoms with Crippen molar-refractivity contribution >= 4 is 17.6 Å². The molecule has 0 saturated heterocycles. The lowest BCUT2D eigenvalue weighted by atomic mass is 10.2. The second-order valence-corrected chi connectivity index (χ2v) is 2.12. The van der Waals surface area contributed by atoms with Crippen LogP contribution in [0.3, 0.4) is 0 Å². The highest BCUT2D eigenvalue weighted by Crippen LogP contribution is 2.29. The van der Waals surface area contributed by atoms with Crippen LogP contribution in [0.1, 0.15) is 6.92 Å². The molecule has 0 N–H and O–H groups in total. The zero-order chi connectivity index (χ0) is 8.97. The number of nitrogens with zero attached hydrogens (tertiary/aromatic N) is 2. The largest absolute Gasteiger partial charge is 0.368 e. The molecule has 0 bridgehead atoms. The van der Waals surface area contributed by atoms with Crippen molar-refractivity contribution in [2.24, 2.45) is 4.99 Å². The topological polar surface area (TPSA) is 16.7 Å². The number of para-hydroxylation sites is 1. The number of hydrogen-bond acceptors (Lipinski definition) is 1. The van der Waals surface area contributed by atoms with E-state index in [0.717, 1.165) is 0 Å². The summed E-state index contributed by atoms with van der Waals surface area (Å²) < 4.78 is 13.0. The molecule has 0 fully saturated rings. The molecular formula is C9H8FN2+. The molecule has 60 valence electrons. The minimum absolute atomic E-state index is 0.183. The lowest BCUT2D eigenvalue weighted by Crippen LogP contribution is -1.75. The van der Waals surface area contributed by atoms with Crippen molar-refractivity contribution in [1.29, 1.82) is 0 Å². The van der Waals surface area contributed by atoms with E-state index in [-0.39, 0.29) is 5.69 Å². The Labute approximate surface area is 70.2 Å². The molecule has 0 aromatic heterocycles. The fraction of sp³-hybridized carbons (Fsp3) is 0.111. The minimum atomic E-state index is -0.417. The molecule has 1 aromatic rings. The van der Waals surface area contributed by atoms with E-state index in [2.05, 4.69) is 9.84 Å². The first-order valence-corrected chi connectivity index (χ1v) is 3.47. The zero-order valence-electron chi connectivity index (χ0n) is 6.66. The van der Waals surface area contributed by atoms with Crippen molar-refractivity contribution in [2.75, 3.05) is 0 Å². The Morgan fingerprint density at radius 3 is 2.92 bits per heavy atom. The third-order valence-electron chi connectivity index (χ3n) is 1.36. The SMILES string of the molecule is C#[N+]c1cccc(F)c1/N=C\C. The minimum Gasteiger partial charge on any atom is -0.251 e. The Bertz CT molecular complexity index is 350. The first-order chi connectivity index (χ1) is 5.79. The molecule has 0 aliphatic carbocycles. The summed E-state index contributed by atoms with van der Waals surface area (Å²) in [7, 11) is 0. The summed E-state index contributed by atoms with van der Waals surface area (Å²) in [5.41, 5.74) is 0.538. The van der Waals surface area contributed by atoms with Crippen LogP contribution in [0.15, 0.2) is 23.2 Å². The average Bonchev–Trinajstić information content (AvgIpc) is 2.09. The normalized spacial score (nSPS) is 10.1. The van der Waals surface area contributed by atoms with Crippen molar-refractivity contribution in [1.82, 2.24) is 0 Å². The molecular weight excluding hydrogens is 155 g/mol. The van der Waals surface area contributed by atoms with Gasteiger partial charge in [0.2, 0.25) is 0 Å². The molecule has 2 nitrogen and oxygen atoms in total. The molecule has 1 aromatic carbocycles. The van der Waals surface area contributed by atoms with E-state index in [1.54, 1.807) is 13.0 Å². The van der Waals surface area contributed by atoms with E-state index in [9.17, 15) is 4.39 Å². The van der Waals surface area contributed by atoms with Gasteiger partial charge in [-0.3, -0.25) is 4.99 Å². The van der Waals surface area contributed by atoms with Crippen LogP contribution in [0.5, 0.6) is 0 Å². The predicted octanol–water partition coefficient (Wildman–Crippen LogP) is 3.14. The van der Waals surface area contributed by atoms with Gasteiger partial charge in [0.15, 0.2) is 11.5 Å². The van der Waals surface area contributed by atoms with Gasteiger partial charge in [-0.1, -0.05) is 6.07 Å². The molecule has 0 spiro atoms. The molecule has 0 atom stereocenters. The highest BCUT2D eigenvalue weighted by atomic mass is 19.1. The highest BCUT2D eigenvalue weighted by Gasteiger charge is 2.12. The fourth-order valence-electron chi connectivity index (χ4n) is 0.865. The molecule has 0 saturated carbocycles. The second kappa shape index (κ2) is 3.63. The fourth-order valence-corrected chi connectivity index (χ4v) is 0.865. The summed E-state index contributed by atoms with van der Waals surface area (Å²) in [5.74, 6) is -0.417. The number of aliphatic imine (C=N–C) groups is 1. The van der Waals surface area contributed by atoms with Gasteiger partial charge in [0, 0.05) is 12.3 Å². The summed E-state index contributed by atoms with van der Waals surface area (Å²) in [6.45, 7) is 6.74. The van der Waals surface area contributed by atoms with Gasteiger partial charge in [-0.2, -0.15) is 0 Å². The predicted molar refractivity (Wildman–Crippen MR) is 48.2 cm³/mol. The van der Waals surface area contributed by atoms with Crippen molar-refractivity contribution in [2.45, 2.75) is 6.92 Å². The van der Waals surface area contributed by atoms with E-state index in [1.807, 2.05) is 0 Å². The molecule has 0 amide bonds. The van der Waals surface area contributed by atoms with Crippen LogP contribution in [-0.2, 0) is 0 Å². The quantitative estimate of drug-likeness (QED) is 0.565. The van der Waals surface area contributed by atoms with Crippen LogP contribution in [0.4, 0.5) is 15.8 Å². The van der Waals surface area contributed by atoms with E-state index >= 15 is 0 Å². The number of hydrogen-bond donors (Lipinski definition) is 0. The molecule has 12 heavy (non-hydrogen) atoms. The number of benzene rings is 1. The summed E-state index contributed by atoms with van der Waals surface area (Å²) in [4.78, 5) is 7.20. The molecule has 1 rings (SSSR count). The maximum absolute atomic E-state index is 13.0. The third-order valence-corrected chi connectivity index (χ3v) is 1.36. The van der Waals surface area contributed by atoms with Gasteiger partial charge in [0.1, 0.15) is 0 Å². The van der Waals surface area contributed by atoms with E-state index in [4.69, 9.17) is 6.57 Å². The monoisotopic (exact) mass is 163 g/mol.